The van der Waals surface area contributed by atoms with E-state index in [0.717, 1.165) is 22.4 Å². The largest absolute Gasteiger partial charge is 0.493 e. The highest BCUT2D eigenvalue weighted by Gasteiger charge is 2.41. The van der Waals surface area contributed by atoms with Crippen molar-refractivity contribution in [3.63, 3.8) is 0 Å². The summed E-state index contributed by atoms with van der Waals surface area (Å²) in [6, 6.07) is 11.3. The number of rotatable bonds is 4. The maximum absolute atomic E-state index is 12.6. The SMILES string of the molecule is COc1cc(C2=NN3C(=O)c4ccccc4C3C2)cc(OC)c1OC. The average Bonchev–Trinajstić information content (AvgIpc) is 3.20. The van der Waals surface area contributed by atoms with Crippen LogP contribution < -0.4 is 14.2 Å². The molecule has 2 aliphatic rings. The van der Waals surface area contributed by atoms with E-state index < -0.39 is 0 Å². The molecular weight excluding hydrogens is 320 g/mol. The van der Waals surface area contributed by atoms with Crippen molar-refractivity contribution < 1.29 is 19.0 Å². The van der Waals surface area contributed by atoms with Gasteiger partial charge in [-0.3, -0.25) is 4.79 Å². The van der Waals surface area contributed by atoms with E-state index in [1.807, 2.05) is 36.4 Å². The number of carbonyl (C=O) groups is 1. The van der Waals surface area contributed by atoms with Gasteiger partial charge in [0.2, 0.25) is 5.75 Å². The molecule has 4 rings (SSSR count). The summed E-state index contributed by atoms with van der Waals surface area (Å²) in [5, 5.41) is 6.14. The standard InChI is InChI=1S/C19H18N2O4/c1-23-16-8-11(9-17(24-2)18(16)25-3)14-10-15-12-6-4-5-7-13(12)19(22)21(15)20-14/h4-9,15H,10H2,1-3H3. The lowest BCUT2D eigenvalue weighted by Gasteiger charge is -2.14. The Labute approximate surface area is 145 Å². The van der Waals surface area contributed by atoms with Crippen LogP contribution in [0.3, 0.4) is 0 Å². The number of hydrazone groups is 1. The van der Waals surface area contributed by atoms with Crippen molar-refractivity contribution in [1.82, 2.24) is 5.01 Å². The molecule has 0 aromatic heterocycles. The summed E-state index contributed by atoms with van der Waals surface area (Å²) < 4.78 is 16.2. The molecule has 128 valence electrons. The van der Waals surface area contributed by atoms with Crippen LogP contribution in [-0.2, 0) is 0 Å². The number of hydrogen-bond acceptors (Lipinski definition) is 5. The van der Waals surface area contributed by atoms with Crippen molar-refractivity contribution in [3.8, 4) is 17.2 Å². The van der Waals surface area contributed by atoms with Crippen molar-refractivity contribution in [2.24, 2.45) is 5.10 Å². The molecule has 25 heavy (non-hydrogen) atoms. The summed E-state index contributed by atoms with van der Waals surface area (Å²) >= 11 is 0. The van der Waals surface area contributed by atoms with E-state index in [2.05, 4.69) is 5.10 Å². The van der Waals surface area contributed by atoms with Crippen LogP contribution in [-0.4, -0.2) is 38.0 Å². The fraction of sp³-hybridized carbons (Fsp3) is 0.263. The van der Waals surface area contributed by atoms with Crippen LogP contribution in [0.2, 0.25) is 0 Å². The van der Waals surface area contributed by atoms with Gasteiger partial charge in [0.25, 0.3) is 5.91 Å². The zero-order chi connectivity index (χ0) is 17.6. The number of carbonyl (C=O) groups excluding carboxylic acids is 1. The van der Waals surface area contributed by atoms with Crippen molar-refractivity contribution >= 4 is 11.6 Å². The minimum Gasteiger partial charge on any atom is -0.493 e. The molecular formula is C19H18N2O4. The summed E-state index contributed by atoms with van der Waals surface area (Å²) in [6.45, 7) is 0. The monoisotopic (exact) mass is 338 g/mol. The molecule has 2 aromatic rings. The molecule has 2 heterocycles. The molecule has 0 fully saturated rings. The first-order valence-electron chi connectivity index (χ1n) is 7.98. The summed E-state index contributed by atoms with van der Waals surface area (Å²) in [6.07, 6.45) is 0.654. The maximum atomic E-state index is 12.6. The summed E-state index contributed by atoms with van der Waals surface area (Å²) in [4.78, 5) is 12.6. The lowest BCUT2D eigenvalue weighted by Crippen LogP contribution is -2.17. The molecule has 1 amide bonds. The molecule has 1 atom stereocenters. The molecule has 2 aromatic carbocycles. The highest BCUT2D eigenvalue weighted by Crippen LogP contribution is 2.43. The molecule has 0 saturated carbocycles. The zero-order valence-electron chi connectivity index (χ0n) is 14.3. The molecule has 0 aliphatic carbocycles. The topological polar surface area (TPSA) is 60.4 Å². The van der Waals surface area contributed by atoms with E-state index in [9.17, 15) is 4.79 Å². The van der Waals surface area contributed by atoms with Gasteiger partial charge in [0.1, 0.15) is 0 Å². The highest BCUT2D eigenvalue weighted by molar-refractivity contribution is 6.08. The molecule has 6 heteroatoms. The first-order chi connectivity index (χ1) is 12.2. The number of methoxy groups -OCH3 is 3. The second-order valence-electron chi connectivity index (χ2n) is 5.92. The second-order valence-corrected chi connectivity index (χ2v) is 5.92. The zero-order valence-corrected chi connectivity index (χ0v) is 14.3. The number of nitrogens with zero attached hydrogens (tertiary/aromatic N) is 2. The normalized spacial score (nSPS) is 17.9. The lowest BCUT2D eigenvalue weighted by molar-refractivity contribution is 0.0756. The van der Waals surface area contributed by atoms with E-state index in [0.29, 0.717) is 23.7 Å². The van der Waals surface area contributed by atoms with E-state index in [1.54, 1.807) is 26.3 Å². The van der Waals surface area contributed by atoms with Gasteiger partial charge in [-0.25, -0.2) is 5.01 Å². The van der Waals surface area contributed by atoms with E-state index in [1.165, 1.54) is 0 Å². The van der Waals surface area contributed by atoms with Crippen molar-refractivity contribution in [2.75, 3.05) is 21.3 Å². The summed E-state index contributed by atoms with van der Waals surface area (Å²) in [7, 11) is 4.73. The smallest absolute Gasteiger partial charge is 0.274 e. The van der Waals surface area contributed by atoms with Crippen LogP contribution >= 0.6 is 0 Å². The molecule has 6 nitrogen and oxygen atoms in total. The van der Waals surface area contributed by atoms with Gasteiger partial charge >= 0.3 is 0 Å². The predicted octanol–water partition coefficient (Wildman–Crippen LogP) is 3.02. The van der Waals surface area contributed by atoms with Crippen molar-refractivity contribution in [2.45, 2.75) is 12.5 Å². The van der Waals surface area contributed by atoms with E-state index >= 15 is 0 Å². The Morgan fingerprint density at radius 2 is 1.72 bits per heavy atom. The van der Waals surface area contributed by atoms with E-state index in [4.69, 9.17) is 14.2 Å². The molecule has 0 N–H and O–H groups in total. The number of amides is 1. The Hall–Kier alpha value is -3.02. The van der Waals surface area contributed by atoms with E-state index in [-0.39, 0.29) is 11.9 Å². The Kier molecular flexibility index (Phi) is 3.60. The summed E-state index contributed by atoms with van der Waals surface area (Å²) in [5.41, 5.74) is 3.44. The molecule has 2 aliphatic heterocycles. The van der Waals surface area contributed by atoms with Crippen molar-refractivity contribution in [3.05, 3.63) is 53.1 Å². The second kappa shape index (κ2) is 5.81. The number of ether oxygens (including phenoxy) is 3. The highest BCUT2D eigenvalue weighted by atomic mass is 16.5. The number of hydrogen-bond donors (Lipinski definition) is 0. The van der Waals surface area contributed by atoms with Crippen LogP contribution in [0.15, 0.2) is 41.5 Å². The van der Waals surface area contributed by atoms with Gasteiger partial charge in [-0.05, 0) is 23.8 Å². The van der Waals surface area contributed by atoms with Crippen molar-refractivity contribution in [1.29, 1.82) is 0 Å². The Balaban J connectivity index is 1.74. The third-order valence-corrected chi connectivity index (χ3v) is 4.67. The predicted molar refractivity (Wildman–Crippen MR) is 92.6 cm³/mol. The molecule has 0 spiro atoms. The van der Waals surface area contributed by atoms with Crippen LogP contribution in [0.1, 0.15) is 33.9 Å². The van der Waals surface area contributed by atoms with Gasteiger partial charge in [0.05, 0.1) is 33.1 Å². The number of benzene rings is 2. The number of fused-ring (bicyclic) bond motifs is 3. The third-order valence-electron chi connectivity index (χ3n) is 4.67. The minimum absolute atomic E-state index is 0.0437. The van der Waals surface area contributed by atoms with Crippen LogP contribution in [0, 0.1) is 0 Å². The lowest BCUT2D eigenvalue weighted by atomic mass is 9.97. The third kappa shape index (κ3) is 2.25. The first-order valence-corrected chi connectivity index (χ1v) is 7.98. The molecule has 0 bridgehead atoms. The maximum Gasteiger partial charge on any atom is 0.274 e. The van der Waals surface area contributed by atoms with Gasteiger partial charge in [0.15, 0.2) is 11.5 Å². The Morgan fingerprint density at radius 1 is 1.04 bits per heavy atom. The van der Waals surface area contributed by atoms with Crippen LogP contribution in [0.5, 0.6) is 17.2 Å². The summed E-state index contributed by atoms with van der Waals surface area (Å²) in [5.74, 6) is 1.62. The Bertz CT molecular complexity index is 866. The van der Waals surface area contributed by atoms with Gasteiger partial charge in [0, 0.05) is 17.5 Å². The van der Waals surface area contributed by atoms with Crippen LogP contribution in [0.25, 0.3) is 0 Å². The van der Waals surface area contributed by atoms with Gasteiger partial charge in [-0.15, -0.1) is 0 Å². The van der Waals surface area contributed by atoms with Gasteiger partial charge in [-0.1, -0.05) is 18.2 Å². The van der Waals surface area contributed by atoms with Gasteiger partial charge < -0.3 is 14.2 Å². The molecule has 0 radical (unpaired) electrons. The van der Waals surface area contributed by atoms with Gasteiger partial charge in [-0.2, -0.15) is 5.10 Å². The Morgan fingerprint density at radius 3 is 2.36 bits per heavy atom. The first kappa shape index (κ1) is 15.5. The quantitative estimate of drug-likeness (QED) is 0.860. The molecule has 1 unspecified atom stereocenters. The minimum atomic E-state index is -0.0527. The fourth-order valence-corrected chi connectivity index (χ4v) is 3.47. The van der Waals surface area contributed by atoms with Crippen LogP contribution in [0.4, 0.5) is 0 Å². The molecule has 0 saturated heterocycles. The fourth-order valence-electron chi connectivity index (χ4n) is 3.47. The average molecular weight is 338 g/mol.